The number of hydrogen-bond acceptors (Lipinski definition) is 3. The Morgan fingerprint density at radius 3 is 2.38 bits per heavy atom. The minimum absolute atomic E-state index is 0.159. The maximum absolute atomic E-state index is 11.5. The van der Waals surface area contributed by atoms with Crippen molar-refractivity contribution < 1.29 is 8.42 Å². The van der Waals surface area contributed by atoms with Crippen LogP contribution in [-0.4, -0.2) is 33.0 Å². The van der Waals surface area contributed by atoms with E-state index in [9.17, 15) is 8.42 Å². The van der Waals surface area contributed by atoms with Gasteiger partial charge in [0.05, 0.1) is 5.25 Å². The quantitative estimate of drug-likeness (QED) is 0.725. The molecule has 0 saturated heterocycles. The number of rotatable bonds is 2. The molecule has 3 unspecified atom stereocenters. The first kappa shape index (κ1) is 11.0. The van der Waals surface area contributed by atoms with E-state index in [-0.39, 0.29) is 11.3 Å². The monoisotopic (exact) mass is 205 g/mol. The van der Waals surface area contributed by atoms with Gasteiger partial charge in [0.2, 0.25) is 0 Å². The van der Waals surface area contributed by atoms with Gasteiger partial charge in [-0.1, -0.05) is 6.92 Å². The first-order valence-electron chi connectivity index (χ1n) is 4.81. The maximum atomic E-state index is 11.5. The van der Waals surface area contributed by atoms with Gasteiger partial charge in [0.25, 0.3) is 0 Å². The Bertz CT molecular complexity index is 261. The molecule has 3 atom stereocenters. The summed E-state index contributed by atoms with van der Waals surface area (Å²) in [4.78, 5) is 0. The van der Waals surface area contributed by atoms with Crippen molar-refractivity contribution in [3.8, 4) is 0 Å². The highest BCUT2D eigenvalue weighted by Gasteiger charge is 2.34. The van der Waals surface area contributed by atoms with Crippen molar-refractivity contribution in [2.75, 3.05) is 13.3 Å². The second-order valence-corrected chi connectivity index (χ2v) is 6.45. The molecule has 0 heterocycles. The van der Waals surface area contributed by atoms with Gasteiger partial charge in [-0.2, -0.15) is 0 Å². The zero-order chi connectivity index (χ0) is 10.1. The molecule has 0 aromatic carbocycles. The summed E-state index contributed by atoms with van der Waals surface area (Å²) in [7, 11) is -1.04. The van der Waals surface area contributed by atoms with Gasteiger partial charge in [0.15, 0.2) is 9.84 Å². The van der Waals surface area contributed by atoms with Gasteiger partial charge >= 0.3 is 0 Å². The van der Waals surface area contributed by atoms with E-state index in [1.165, 1.54) is 6.26 Å². The zero-order valence-electron chi connectivity index (χ0n) is 8.58. The van der Waals surface area contributed by atoms with Gasteiger partial charge in [-0.05, 0) is 32.2 Å². The number of hydrogen-bond donors (Lipinski definition) is 1. The summed E-state index contributed by atoms with van der Waals surface area (Å²) in [6.07, 6.45) is 4.28. The second-order valence-electron chi connectivity index (χ2n) is 4.18. The molecule has 13 heavy (non-hydrogen) atoms. The zero-order valence-corrected chi connectivity index (χ0v) is 9.39. The van der Waals surface area contributed by atoms with E-state index < -0.39 is 9.84 Å². The molecule has 78 valence electrons. The highest BCUT2D eigenvalue weighted by Crippen LogP contribution is 2.28. The van der Waals surface area contributed by atoms with Crippen LogP contribution in [-0.2, 0) is 9.84 Å². The Labute approximate surface area is 80.8 Å². The predicted molar refractivity (Wildman–Crippen MR) is 54.5 cm³/mol. The van der Waals surface area contributed by atoms with Gasteiger partial charge < -0.3 is 5.32 Å². The largest absolute Gasteiger partial charge is 0.316 e. The molecule has 1 rings (SSSR count). The van der Waals surface area contributed by atoms with Crippen LogP contribution in [0.1, 0.15) is 26.2 Å². The van der Waals surface area contributed by atoms with Crippen LogP contribution in [0.2, 0.25) is 0 Å². The Balaban J connectivity index is 2.77. The number of nitrogens with one attached hydrogen (secondary N) is 1. The van der Waals surface area contributed by atoms with Crippen LogP contribution in [0.4, 0.5) is 0 Å². The van der Waals surface area contributed by atoms with Crippen LogP contribution in [0, 0.1) is 5.92 Å². The lowest BCUT2D eigenvalue weighted by molar-refractivity contribution is 0.320. The Morgan fingerprint density at radius 1 is 1.31 bits per heavy atom. The van der Waals surface area contributed by atoms with E-state index in [0.29, 0.717) is 5.92 Å². The lowest BCUT2D eigenvalue weighted by Gasteiger charge is -2.33. The molecule has 1 aliphatic carbocycles. The Morgan fingerprint density at radius 2 is 1.92 bits per heavy atom. The molecule has 0 aromatic rings. The molecular formula is C9H19NO2S. The SMILES string of the molecule is CNC1CCC(C)CC1S(C)(=O)=O. The third-order valence-electron chi connectivity index (χ3n) is 2.97. The lowest BCUT2D eigenvalue weighted by atomic mass is 9.87. The first-order chi connectivity index (χ1) is 5.95. The van der Waals surface area contributed by atoms with Crippen molar-refractivity contribution >= 4 is 9.84 Å². The summed E-state index contributed by atoms with van der Waals surface area (Å²) in [6.45, 7) is 2.13. The molecule has 0 amide bonds. The fourth-order valence-corrected chi connectivity index (χ4v) is 3.68. The molecule has 0 aliphatic heterocycles. The summed E-state index contributed by atoms with van der Waals surface area (Å²) in [5.74, 6) is 0.546. The van der Waals surface area contributed by atoms with Gasteiger partial charge in [-0.15, -0.1) is 0 Å². The summed E-state index contributed by atoms with van der Waals surface area (Å²) in [5.41, 5.74) is 0. The summed E-state index contributed by atoms with van der Waals surface area (Å²) < 4.78 is 22.9. The molecule has 1 N–H and O–H groups in total. The van der Waals surface area contributed by atoms with Crippen molar-refractivity contribution in [1.82, 2.24) is 5.32 Å². The Kier molecular flexibility index (Phi) is 3.35. The van der Waals surface area contributed by atoms with Gasteiger partial charge in [0.1, 0.15) is 0 Å². The van der Waals surface area contributed by atoms with Gasteiger partial charge in [-0.25, -0.2) is 8.42 Å². The Hall–Kier alpha value is -0.0900. The van der Waals surface area contributed by atoms with Crippen LogP contribution in [0.15, 0.2) is 0 Å². The van der Waals surface area contributed by atoms with Crippen molar-refractivity contribution in [3.63, 3.8) is 0 Å². The fraction of sp³-hybridized carbons (Fsp3) is 1.00. The minimum Gasteiger partial charge on any atom is -0.316 e. The standard InChI is InChI=1S/C9H19NO2S/c1-7-4-5-8(10-2)9(6-7)13(3,11)12/h7-10H,4-6H2,1-3H3. The lowest BCUT2D eigenvalue weighted by Crippen LogP contribution is -2.46. The van der Waals surface area contributed by atoms with E-state index >= 15 is 0 Å². The highest BCUT2D eigenvalue weighted by atomic mass is 32.2. The van der Waals surface area contributed by atoms with Crippen molar-refractivity contribution in [3.05, 3.63) is 0 Å². The summed E-state index contributed by atoms with van der Waals surface area (Å²) in [5, 5.41) is 2.92. The van der Waals surface area contributed by atoms with Gasteiger partial charge in [0, 0.05) is 12.3 Å². The number of sulfone groups is 1. The highest BCUT2D eigenvalue weighted by molar-refractivity contribution is 7.91. The third-order valence-corrected chi connectivity index (χ3v) is 4.60. The van der Waals surface area contributed by atoms with Crippen LogP contribution in [0.25, 0.3) is 0 Å². The van der Waals surface area contributed by atoms with Crippen molar-refractivity contribution in [1.29, 1.82) is 0 Å². The maximum Gasteiger partial charge on any atom is 0.151 e. The molecule has 0 aromatic heterocycles. The summed E-state index contributed by atoms with van der Waals surface area (Å²) in [6, 6.07) is 0.159. The van der Waals surface area contributed by atoms with E-state index in [0.717, 1.165) is 19.3 Å². The van der Waals surface area contributed by atoms with E-state index in [1.54, 1.807) is 0 Å². The average Bonchev–Trinajstić information content (AvgIpc) is 2.03. The normalized spacial score (nSPS) is 36.1. The molecule has 3 nitrogen and oxygen atoms in total. The van der Waals surface area contributed by atoms with E-state index in [1.807, 2.05) is 7.05 Å². The third kappa shape index (κ3) is 2.68. The molecular weight excluding hydrogens is 186 g/mol. The molecule has 1 aliphatic rings. The molecule has 1 saturated carbocycles. The fourth-order valence-electron chi connectivity index (χ4n) is 2.13. The van der Waals surface area contributed by atoms with E-state index in [4.69, 9.17) is 0 Å². The van der Waals surface area contributed by atoms with Crippen molar-refractivity contribution in [2.24, 2.45) is 5.92 Å². The van der Waals surface area contributed by atoms with Crippen LogP contribution < -0.4 is 5.32 Å². The van der Waals surface area contributed by atoms with Crippen LogP contribution >= 0.6 is 0 Å². The predicted octanol–water partition coefficient (Wildman–Crippen LogP) is 0.808. The molecule has 0 radical (unpaired) electrons. The molecule has 1 fully saturated rings. The van der Waals surface area contributed by atoms with Gasteiger partial charge in [-0.3, -0.25) is 0 Å². The second kappa shape index (κ2) is 3.96. The molecule has 4 heteroatoms. The molecule has 0 spiro atoms. The minimum atomic E-state index is -2.88. The smallest absolute Gasteiger partial charge is 0.151 e. The van der Waals surface area contributed by atoms with Crippen LogP contribution in [0.3, 0.4) is 0 Å². The van der Waals surface area contributed by atoms with E-state index in [2.05, 4.69) is 12.2 Å². The topological polar surface area (TPSA) is 46.2 Å². The molecule has 0 bridgehead atoms. The van der Waals surface area contributed by atoms with Crippen molar-refractivity contribution in [2.45, 2.75) is 37.5 Å². The first-order valence-corrected chi connectivity index (χ1v) is 6.76. The van der Waals surface area contributed by atoms with Crippen LogP contribution in [0.5, 0.6) is 0 Å². The summed E-state index contributed by atoms with van der Waals surface area (Å²) >= 11 is 0. The average molecular weight is 205 g/mol.